The van der Waals surface area contributed by atoms with Gasteiger partial charge in [0.1, 0.15) is 0 Å². The van der Waals surface area contributed by atoms with Gasteiger partial charge in [0.05, 0.1) is 0 Å². The summed E-state index contributed by atoms with van der Waals surface area (Å²) in [6.45, 7) is 8.27. The molecule has 1 spiro atoms. The normalized spacial score (nSPS) is 23.5. The van der Waals surface area contributed by atoms with Crippen LogP contribution in [0, 0.1) is 5.41 Å². The van der Waals surface area contributed by atoms with Gasteiger partial charge in [0, 0.05) is 5.41 Å². The summed E-state index contributed by atoms with van der Waals surface area (Å²) in [6.07, 6.45) is 7.84. The molecule has 0 unspecified atom stereocenters. The van der Waals surface area contributed by atoms with Gasteiger partial charge in [0.25, 0.3) is 0 Å². The zero-order chi connectivity index (χ0) is 11.9. The minimum Gasteiger partial charge on any atom is -0.289 e. The van der Waals surface area contributed by atoms with Crippen molar-refractivity contribution in [1.82, 2.24) is 0 Å². The van der Waals surface area contributed by atoms with Crippen LogP contribution < -0.4 is 0 Å². The molecule has 1 nitrogen and oxygen atoms in total. The molecule has 1 fully saturated rings. The van der Waals surface area contributed by atoms with E-state index in [0.717, 1.165) is 24.0 Å². The van der Waals surface area contributed by atoms with E-state index >= 15 is 0 Å². The van der Waals surface area contributed by atoms with E-state index in [0.29, 0.717) is 0 Å². The molecule has 86 valence electrons. The summed E-state index contributed by atoms with van der Waals surface area (Å²) < 4.78 is 0. The molecule has 0 bridgehead atoms. The lowest BCUT2D eigenvalue weighted by Crippen LogP contribution is -2.19. The van der Waals surface area contributed by atoms with Gasteiger partial charge in [-0.15, -0.1) is 0 Å². The van der Waals surface area contributed by atoms with E-state index in [1.54, 1.807) is 5.57 Å². The average Bonchev–Trinajstić information content (AvgIpc) is 2.59. The van der Waals surface area contributed by atoms with Gasteiger partial charge in [-0.3, -0.25) is 4.79 Å². The third kappa shape index (κ3) is 1.79. The van der Waals surface area contributed by atoms with Gasteiger partial charge in [-0.05, 0) is 58.1 Å². The van der Waals surface area contributed by atoms with Gasteiger partial charge in [-0.2, -0.15) is 0 Å². The van der Waals surface area contributed by atoms with E-state index in [2.05, 4.69) is 26.0 Å². The molecule has 0 aromatic heterocycles. The number of carbonyl (C=O) groups excluding carboxylic acids is 1. The second-order valence-corrected chi connectivity index (χ2v) is 5.50. The molecule has 0 amide bonds. The topological polar surface area (TPSA) is 17.1 Å². The van der Waals surface area contributed by atoms with E-state index in [-0.39, 0.29) is 11.2 Å². The predicted molar refractivity (Wildman–Crippen MR) is 67.2 cm³/mol. The van der Waals surface area contributed by atoms with Crippen LogP contribution in [0.3, 0.4) is 0 Å². The molecule has 2 aliphatic rings. The lowest BCUT2D eigenvalue weighted by Gasteiger charge is -2.26. The monoisotopic (exact) mass is 216 g/mol. The first-order chi connectivity index (χ1) is 7.43. The first-order valence-corrected chi connectivity index (χ1v) is 6.02. The molecule has 1 heteroatoms. The fraction of sp³-hybridized carbons (Fsp3) is 0.533. The van der Waals surface area contributed by atoms with Crippen molar-refractivity contribution in [3.05, 3.63) is 34.4 Å². The quantitative estimate of drug-likeness (QED) is 0.560. The summed E-state index contributed by atoms with van der Waals surface area (Å²) >= 11 is 0. The van der Waals surface area contributed by atoms with Crippen molar-refractivity contribution in [3.63, 3.8) is 0 Å². The number of ketones is 1. The summed E-state index contributed by atoms with van der Waals surface area (Å²) in [4.78, 5) is 11.7. The van der Waals surface area contributed by atoms with E-state index in [1.165, 1.54) is 12.0 Å². The van der Waals surface area contributed by atoms with E-state index in [9.17, 15) is 4.79 Å². The van der Waals surface area contributed by atoms with Gasteiger partial charge < -0.3 is 0 Å². The molecule has 1 saturated carbocycles. The van der Waals surface area contributed by atoms with Gasteiger partial charge in [-0.25, -0.2) is 0 Å². The number of Topliss-reactive ketones (excluding diaryl/α,β-unsaturated/α-hetero) is 1. The molecule has 0 radical (unpaired) electrons. The maximum Gasteiger partial charge on any atom is 0.183 e. The van der Waals surface area contributed by atoms with Crippen LogP contribution in [0.15, 0.2) is 34.4 Å². The van der Waals surface area contributed by atoms with Crippen molar-refractivity contribution < 1.29 is 4.79 Å². The third-order valence-corrected chi connectivity index (χ3v) is 3.87. The van der Waals surface area contributed by atoms with Crippen molar-refractivity contribution in [2.24, 2.45) is 5.41 Å². The lowest BCUT2D eigenvalue weighted by atomic mass is 9.77. The maximum absolute atomic E-state index is 11.7. The van der Waals surface area contributed by atoms with Crippen LogP contribution in [0.5, 0.6) is 0 Å². The fourth-order valence-corrected chi connectivity index (χ4v) is 2.98. The average molecular weight is 216 g/mol. The first-order valence-electron chi connectivity index (χ1n) is 6.02. The van der Waals surface area contributed by atoms with Crippen LogP contribution >= 0.6 is 0 Å². The van der Waals surface area contributed by atoms with E-state index in [4.69, 9.17) is 0 Å². The largest absolute Gasteiger partial charge is 0.289 e. The third-order valence-electron chi connectivity index (χ3n) is 3.87. The molecular formula is C15H20O. The molecule has 16 heavy (non-hydrogen) atoms. The number of allylic oxidation sites excluding steroid dienone is 6. The van der Waals surface area contributed by atoms with E-state index in [1.807, 2.05) is 13.8 Å². The van der Waals surface area contributed by atoms with Crippen molar-refractivity contribution in [3.8, 4) is 0 Å². The Kier molecular flexibility index (Phi) is 2.65. The maximum atomic E-state index is 11.7. The van der Waals surface area contributed by atoms with Gasteiger partial charge in [-0.1, -0.05) is 23.3 Å². The summed E-state index contributed by atoms with van der Waals surface area (Å²) in [5.74, 6) is 0.219. The van der Waals surface area contributed by atoms with Crippen molar-refractivity contribution in [2.45, 2.75) is 47.0 Å². The zero-order valence-corrected chi connectivity index (χ0v) is 10.7. The number of hydrogen-bond acceptors (Lipinski definition) is 1. The molecule has 0 N–H and O–H groups in total. The number of hydrogen-bond donors (Lipinski definition) is 0. The Labute approximate surface area is 97.9 Å². The molecule has 0 heterocycles. The molecule has 0 aromatic rings. The molecular weight excluding hydrogens is 196 g/mol. The second-order valence-electron chi connectivity index (χ2n) is 5.50. The van der Waals surface area contributed by atoms with Crippen LogP contribution in [0.1, 0.15) is 47.0 Å². The highest BCUT2D eigenvalue weighted by Crippen LogP contribution is 2.47. The van der Waals surface area contributed by atoms with Crippen molar-refractivity contribution >= 4 is 5.78 Å². The van der Waals surface area contributed by atoms with Crippen LogP contribution in [0.25, 0.3) is 0 Å². The highest BCUT2D eigenvalue weighted by Gasteiger charge is 2.36. The Morgan fingerprint density at radius 2 is 1.75 bits per heavy atom. The summed E-state index contributed by atoms with van der Waals surface area (Å²) in [5, 5.41) is 0. The van der Waals surface area contributed by atoms with Crippen molar-refractivity contribution in [2.75, 3.05) is 0 Å². The summed E-state index contributed by atoms with van der Waals surface area (Å²) in [6, 6.07) is 0. The number of carbonyl (C=O) groups is 1. The highest BCUT2D eigenvalue weighted by molar-refractivity contribution is 6.08. The van der Waals surface area contributed by atoms with Crippen molar-refractivity contribution in [1.29, 1.82) is 0 Å². The standard InChI is InChI=1S/C15H20O/c1-10(2)13-5-6-15(9-13)7-11(3)14(16)12(4)8-15/h7-8H,5-6,9H2,1-4H3. The minimum atomic E-state index is 0.148. The fourth-order valence-electron chi connectivity index (χ4n) is 2.98. The molecule has 2 rings (SSSR count). The van der Waals surface area contributed by atoms with Crippen LogP contribution in [0.4, 0.5) is 0 Å². The minimum absolute atomic E-state index is 0.148. The molecule has 0 aliphatic heterocycles. The first kappa shape index (κ1) is 11.4. The Bertz CT molecular complexity index is 406. The summed E-state index contributed by atoms with van der Waals surface area (Å²) in [7, 11) is 0. The second kappa shape index (κ2) is 3.73. The Morgan fingerprint density at radius 1 is 1.19 bits per heavy atom. The Hall–Kier alpha value is -1.11. The van der Waals surface area contributed by atoms with Crippen LogP contribution in [0.2, 0.25) is 0 Å². The molecule has 0 saturated heterocycles. The Morgan fingerprint density at radius 3 is 2.19 bits per heavy atom. The zero-order valence-electron chi connectivity index (χ0n) is 10.7. The lowest BCUT2D eigenvalue weighted by molar-refractivity contribution is -0.112. The molecule has 0 aromatic carbocycles. The highest BCUT2D eigenvalue weighted by atomic mass is 16.1. The number of rotatable bonds is 0. The molecule has 2 aliphatic carbocycles. The van der Waals surface area contributed by atoms with Gasteiger partial charge in [0.15, 0.2) is 5.78 Å². The smallest absolute Gasteiger partial charge is 0.183 e. The molecule has 0 atom stereocenters. The van der Waals surface area contributed by atoms with Gasteiger partial charge in [0.2, 0.25) is 0 Å². The van der Waals surface area contributed by atoms with Crippen LogP contribution in [-0.4, -0.2) is 5.78 Å². The SMILES string of the molecule is CC1=CC2(C=C(C)C1=O)CCC(=C(C)C)C2. The predicted octanol–water partition coefficient (Wildman–Crippen LogP) is 3.97. The Balaban J connectivity index is 2.37. The van der Waals surface area contributed by atoms with E-state index < -0.39 is 0 Å². The van der Waals surface area contributed by atoms with Gasteiger partial charge >= 0.3 is 0 Å². The summed E-state index contributed by atoms with van der Waals surface area (Å²) in [5.41, 5.74) is 5.02. The van der Waals surface area contributed by atoms with Crippen LogP contribution in [-0.2, 0) is 4.79 Å².